The van der Waals surface area contributed by atoms with Crippen molar-refractivity contribution in [1.82, 2.24) is 20.1 Å². The number of nitrogens with zero attached hydrogens (tertiary/aromatic N) is 3. The zero-order chi connectivity index (χ0) is 30.7. The predicted molar refractivity (Wildman–Crippen MR) is 165 cm³/mol. The van der Waals surface area contributed by atoms with Gasteiger partial charge in [-0.25, -0.2) is 9.67 Å². The molecular formula is C31H29Cl2N5O5. The second-order valence-corrected chi connectivity index (χ2v) is 10.9. The van der Waals surface area contributed by atoms with E-state index in [1.807, 2.05) is 30.3 Å². The van der Waals surface area contributed by atoms with Crippen molar-refractivity contribution in [3.8, 4) is 28.3 Å². The number of hydrogen-bond acceptors (Lipinski definition) is 7. The van der Waals surface area contributed by atoms with Gasteiger partial charge >= 0.3 is 5.97 Å². The Hall–Kier alpha value is -4.25. The van der Waals surface area contributed by atoms with Crippen LogP contribution >= 0.6 is 23.2 Å². The Balaban J connectivity index is 1.41. The van der Waals surface area contributed by atoms with E-state index in [9.17, 15) is 19.5 Å². The summed E-state index contributed by atoms with van der Waals surface area (Å²) in [6.45, 7) is 0.415. The van der Waals surface area contributed by atoms with Crippen molar-refractivity contribution in [3.05, 3.63) is 92.3 Å². The zero-order valence-electron chi connectivity index (χ0n) is 23.4. The number of nitrogens with one attached hydrogen (secondary N) is 2. The number of hydrogen-bond donors (Lipinski definition) is 3. The van der Waals surface area contributed by atoms with Gasteiger partial charge in [-0.05, 0) is 31.0 Å². The Kier molecular flexibility index (Phi) is 9.10. The minimum Gasteiger partial charge on any atom is -0.481 e. The second kappa shape index (κ2) is 12.9. The van der Waals surface area contributed by atoms with E-state index in [0.29, 0.717) is 51.9 Å². The molecule has 0 saturated heterocycles. The van der Waals surface area contributed by atoms with Gasteiger partial charge in [-0.2, -0.15) is 5.10 Å². The van der Waals surface area contributed by atoms with E-state index in [2.05, 4.69) is 15.7 Å². The molecule has 222 valence electrons. The van der Waals surface area contributed by atoms with Crippen molar-refractivity contribution < 1.29 is 19.4 Å². The van der Waals surface area contributed by atoms with E-state index in [0.717, 1.165) is 23.1 Å². The molecule has 1 aliphatic carbocycles. The second-order valence-electron chi connectivity index (χ2n) is 10.2. The molecule has 43 heavy (non-hydrogen) atoms. The number of pyridine rings is 1. The van der Waals surface area contributed by atoms with Crippen LogP contribution in [0.3, 0.4) is 0 Å². The number of carbonyl (C=O) groups is 2. The Morgan fingerprint density at radius 3 is 2.49 bits per heavy atom. The lowest BCUT2D eigenvalue weighted by Gasteiger charge is -2.19. The molecule has 0 radical (unpaired) electrons. The molecule has 0 aliphatic heterocycles. The maximum Gasteiger partial charge on any atom is 0.308 e. The van der Waals surface area contributed by atoms with Crippen LogP contribution in [-0.2, 0) is 18.4 Å². The van der Waals surface area contributed by atoms with Crippen LogP contribution in [0.5, 0.6) is 5.88 Å². The first-order chi connectivity index (χ1) is 20.7. The van der Waals surface area contributed by atoms with Gasteiger partial charge in [-0.15, -0.1) is 0 Å². The van der Waals surface area contributed by atoms with Gasteiger partial charge in [-0.3, -0.25) is 14.4 Å². The molecule has 4 aromatic rings. The average molecular weight is 623 g/mol. The number of ether oxygens (including phenoxy) is 1. The monoisotopic (exact) mass is 621 g/mol. The van der Waals surface area contributed by atoms with Crippen LogP contribution in [0.15, 0.2) is 65.6 Å². The van der Waals surface area contributed by atoms with Crippen LogP contribution in [0, 0.1) is 5.92 Å². The quantitative estimate of drug-likeness (QED) is 0.225. The van der Waals surface area contributed by atoms with E-state index in [1.165, 1.54) is 26.4 Å². The molecule has 2 heterocycles. The Morgan fingerprint density at radius 2 is 1.74 bits per heavy atom. The van der Waals surface area contributed by atoms with Gasteiger partial charge in [0.15, 0.2) is 0 Å². The average Bonchev–Trinajstić information content (AvgIpc) is 3.48. The van der Waals surface area contributed by atoms with Crippen molar-refractivity contribution in [2.45, 2.75) is 31.8 Å². The topological polar surface area (TPSA) is 135 Å². The molecule has 10 nitrogen and oxygen atoms in total. The lowest BCUT2D eigenvalue weighted by molar-refractivity contribution is -0.142. The number of carbonyl (C=O) groups excluding carboxylic acids is 1. The van der Waals surface area contributed by atoms with Gasteiger partial charge in [-0.1, -0.05) is 66.0 Å². The molecule has 1 aliphatic rings. The molecule has 0 bridgehead atoms. The summed E-state index contributed by atoms with van der Waals surface area (Å²) in [5.74, 6) is -1.39. The molecule has 2 aromatic carbocycles. The number of methoxy groups -OCH3 is 1. The minimum atomic E-state index is -0.780. The fourth-order valence-electron chi connectivity index (χ4n) is 5.31. The highest BCUT2D eigenvalue weighted by atomic mass is 35.5. The largest absolute Gasteiger partial charge is 0.481 e. The standard InChI is InChI=1S/C31H29Cl2N5O5/c1-38-30(40)22(14-15-35-38)28(39)36-25-11-4-7-19(27(25)33)18-6-3-8-20(26(18)32)24-13-12-17(29(37-24)43-2)16-34-23-10-5-9-21(23)31(41)42/h3-4,6-8,11-15,21,23,34H,5,9-10,16H2,1-2H3,(H,36,39)(H,41,42)/t21-,23?/m0/s1. The third kappa shape index (κ3) is 6.27. The van der Waals surface area contributed by atoms with Crippen molar-refractivity contribution in [2.24, 2.45) is 13.0 Å². The number of benzene rings is 2. The lowest BCUT2D eigenvalue weighted by Crippen LogP contribution is -2.35. The molecule has 0 spiro atoms. The molecular weight excluding hydrogens is 593 g/mol. The number of aliphatic carboxylic acids is 1. The number of amides is 1. The fourth-order valence-corrected chi connectivity index (χ4v) is 5.91. The molecule has 5 rings (SSSR count). The highest BCUT2D eigenvalue weighted by Gasteiger charge is 2.32. The van der Waals surface area contributed by atoms with Crippen molar-refractivity contribution in [3.63, 3.8) is 0 Å². The summed E-state index contributed by atoms with van der Waals surface area (Å²) in [7, 11) is 2.99. The van der Waals surface area contributed by atoms with E-state index < -0.39 is 23.4 Å². The van der Waals surface area contributed by atoms with E-state index in [-0.39, 0.29) is 16.6 Å². The summed E-state index contributed by atoms with van der Waals surface area (Å²) >= 11 is 13.7. The summed E-state index contributed by atoms with van der Waals surface area (Å²) in [5, 5.41) is 20.0. The van der Waals surface area contributed by atoms with Crippen LogP contribution < -0.4 is 20.9 Å². The van der Waals surface area contributed by atoms with Crippen molar-refractivity contribution >= 4 is 40.8 Å². The molecule has 12 heteroatoms. The number of halogens is 2. The number of aromatic nitrogens is 3. The molecule has 2 aromatic heterocycles. The van der Waals surface area contributed by atoms with E-state index in [1.54, 1.807) is 18.2 Å². The highest BCUT2D eigenvalue weighted by Crippen LogP contribution is 2.41. The zero-order valence-corrected chi connectivity index (χ0v) is 24.9. The normalized spacial score (nSPS) is 16.2. The Labute approximate surface area is 257 Å². The first-order valence-electron chi connectivity index (χ1n) is 13.6. The molecule has 2 atom stereocenters. The van der Waals surface area contributed by atoms with Gasteiger partial charge in [0.25, 0.3) is 11.5 Å². The van der Waals surface area contributed by atoms with Gasteiger partial charge in [0.05, 0.1) is 34.5 Å². The number of carboxylic acid groups (broad SMARTS) is 1. The van der Waals surface area contributed by atoms with Crippen LogP contribution in [0.1, 0.15) is 35.2 Å². The highest BCUT2D eigenvalue weighted by molar-refractivity contribution is 6.39. The molecule has 1 saturated carbocycles. The van der Waals surface area contributed by atoms with E-state index in [4.69, 9.17) is 32.9 Å². The van der Waals surface area contributed by atoms with Crippen molar-refractivity contribution in [1.29, 1.82) is 0 Å². The minimum absolute atomic E-state index is 0.0670. The SMILES string of the molecule is COc1nc(-c2cccc(-c3cccc(NC(=O)c4ccnn(C)c4=O)c3Cl)c2Cl)ccc1CNC1CCC[C@@H]1C(=O)O. The van der Waals surface area contributed by atoms with Crippen molar-refractivity contribution in [2.75, 3.05) is 12.4 Å². The van der Waals surface area contributed by atoms with Gasteiger partial charge in [0, 0.05) is 48.1 Å². The number of aryl methyl sites for hydroxylation is 1. The fraction of sp³-hybridized carbons (Fsp3) is 0.258. The first-order valence-corrected chi connectivity index (χ1v) is 14.4. The summed E-state index contributed by atoms with van der Waals surface area (Å²) in [5.41, 5.74) is 2.92. The molecule has 1 unspecified atom stereocenters. The Bertz CT molecular complexity index is 1760. The molecule has 3 N–H and O–H groups in total. The molecule has 1 fully saturated rings. The summed E-state index contributed by atoms with van der Waals surface area (Å²) in [4.78, 5) is 41.4. The van der Waals surface area contributed by atoms with E-state index >= 15 is 0 Å². The van der Waals surface area contributed by atoms with Gasteiger partial charge in [0.1, 0.15) is 5.56 Å². The maximum atomic E-state index is 12.9. The smallest absolute Gasteiger partial charge is 0.308 e. The number of rotatable bonds is 9. The third-order valence-electron chi connectivity index (χ3n) is 7.58. The summed E-state index contributed by atoms with van der Waals surface area (Å²) in [6, 6.07) is 15.6. The predicted octanol–water partition coefficient (Wildman–Crippen LogP) is 5.42. The molecule has 1 amide bonds. The van der Waals surface area contributed by atoms with Gasteiger partial charge in [0.2, 0.25) is 5.88 Å². The van der Waals surface area contributed by atoms with Crippen LogP contribution in [-0.4, -0.2) is 44.9 Å². The van der Waals surface area contributed by atoms with Crippen LogP contribution in [0.4, 0.5) is 5.69 Å². The van der Waals surface area contributed by atoms with Crippen LogP contribution in [0.2, 0.25) is 10.0 Å². The number of carboxylic acids is 1. The Morgan fingerprint density at radius 1 is 1.02 bits per heavy atom. The van der Waals surface area contributed by atoms with Gasteiger partial charge < -0.3 is 20.5 Å². The number of anilines is 1. The summed E-state index contributed by atoms with van der Waals surface area (Å²) < 4.78 is 6.65. The summed E-state index contributed by atoms with van der Waals surface area (Å²) in [6.07, 6.45) is 3.72. The lowest BCUT2D eigenvalue weighted by atomic mass is 10.00. The third-order valence-corrected chi connectivity index (χ3v) is 8.40. The first kappa shape index (κ1) is 30.2. The maximum absolute atomic E-state index is 12.9. The van der Waals surface area contributed by atoms with Crippen LogP contribution in [0.25, 0.3) is 22.4 Å².